The number of unbranched alkanes of at least 4 members (excludes halogenated alkanes) is 14. The van der Waals surface area contributed by atoms with Gasteiger partial charge < -0.3 is 20.8 Å². The fourth-order valence-corrected chi connectivity index (χ4v) is 6.12. The lowest BCUT2D eigenvalue weighted by Crippen LogP contribution is -2.40. The van der Waals surface area contributed by atoms with Crippen LogP contribution in [0.25, 0.3) is 0 Å². The number of carbonyl (C=O) groups is 2. The van der Waals surface area contributed by atoms with E-state index in [2.05, 4.69) is 24.5 Å². The van der Waals surface area contributed by atoms with Crippen molar-refractivity contribution in [3.8, 4) is 0 Å². The zero-order valence-electron chi connectivity index (χ0n) is 21.8. The number of hydrogen-bond acceptors (Lipinski definition) is 6. The molecule has 8 heteroatoms. The Hall–Kier alpha value is -0.440. The lowest BCUT2D eigenvalue weighted by Gasteiger charge is -2.16. The molecule has 2 atom stereocenters. The summed E-state index contributed by atoms with van der Waals surface area (Å²) in [5.74, 6) is -0.812. The van der Waals surface area contributed by atoms with Crippen molar-refractivity contribution < 1.29 is 19.8 Å². The molecule has 0 aromatic rings. The van der Waals surface area contributed by atoms with E-state index >= 15 is 0 Å². The van der Waals surface area contributed by atoms with Crippen LogP contribution in [-0.2, 0) is 9.59 Å². The third-order valence-electron chi connectivity index (χ3n) is 5.99. The Balaban J connectivity index is 3.84. The molecule has 0 unspecified atom stereocenters. The molecule has 6 nitrogen and oxygen atoms in total. The highest BCUT2D eigenvalue weighted by Crippen LogP contribution is 2.23. The van der Waals surface area contributed by atoms with Crippen molar-refractivity contribution in [2.24, 2.45) is 0 Å². The Morgan fingerprint density at radius 2 is 0.853 bits per heavy atom. The second-order valence-electron chi connectivity index (χ2n) is 9.21. The second kappa shape index (κ2) is 25.6. The number of aliphatic carboxylic acids is 2. The monoisotopic (exact) mass is 520 g/mol. The first-order chi connectivity index (χ1) is 16.5. The third-order valence-corrected chi connectivity index (χ3v) is 8.41. The highest BCUT2D eigenvalue weighted by Gasteiger charge is 2.19. The molecule has 0 saturated heterocycles. The lowest BCUT2D eigenvalue weighted by atomic mass is 10.1. The Morgan fingerprint density at radius 3 is 1.15 bits per heavy atom. The molecule has 0 aliphatic rings. The molecular formula is C26H52N2O4S2. The van der Waals surface area contributed by atoms with E-state index in [1.54, 1.807) is 0 Å². The number of hydrogen-bond donors (Lipinski definition) is 4. The van der Waals surface area contributed by atoms with Crippen LogP contribution in [0.3, 0.4) is 0 Å². The number of rotatable bonds is 27. The summed E-state index contributed by atoms with van der Waals surface area (Å²) in [6, 6.07) is -1.17. The first-order valence-electron chi connectivity index (χ1n) is 13.7. The van der Waals surface area contributed by atoms with Gasteiger partial charge in [0.1, 0.15) is 12.1 Å². The molecule has 0 heterocycles. The van der Waals surface area contributed by atoms with Crippen LogP contribution in [0, 0.1) is 0 Å². The molecule has 0 aliphatic carbocycles. The van der Waals surface area contributed by atoms with Crippen LogP contribution in [0.5, 0.6) is 0 Å². The Morgan fingerprint density at radius 1 is 0.559 bits per heavy atom. The van der Waals surface area contributed by atoms with E-state index in [9.17, 15) is 19.8 Å². The van der Waals surface area contributed by atoms with Crippen molar-refractivity contribution in [2.45, 2.75) is 129 Å². The summed E-state index contributed by atoms with van der Waals surface area (Å²) in [6.45, 7) is 5.88. The van der Waals surface area contributed by atoms with Gasteiger partial charge in [-0.3, -0.25) is 9.59 Å². The molecule has 0 spiro atoms. The SMILES string of the molecule is CCCCCCCCCCN[C@@H](CSSC[C@H](NCCCCCCCCCC)C(=O)O)C(=O)O. The zero-order valence-corrected chi connectivity index (χ0v) is 23.5. The van der Waals surface area contributed by atoms with Crippen molar-refractivity contribution in [1.82, 2.24) is 10.6 Å². The van der Waals surface area contributed by atoms with Crippen molar-refractivity contribution in [3.63, 3.8) is 0 Å². The van der Waals surface area contributed by atoms with E-state index in [1.807, 2.05) is 0 Å². The van der Waals surface area contributed by atoms with Crippen LogP contribution in [0.4, 0.5) is 0 Å². The quantitative estimate of drug-likeness (QED) is 0.0698. The maximum absolute atomic E-state index is 11.5. The first-order valence-corrected chi connectivity index (χ1v) is 16.2. The molecule has 0 saturated carbocycles. The summed E-state index contributed by atoms with van der Waals surface area (Å²) in [5.41, 5.74) is 0. The summed E-state index contributed by atoms with van der Waals surface area (Å²) < 4.78 is 0. The molecule has 0 radical (unpaired) electrons. The van der Waals surface area contributed by atoms with Gasteiger partial charge in [0.25, 0.3) is 0 Å². The summed E-state index contributed by atoms with van der Waals surface area (Å²) in [4.78, 5) is 23.0. The predicted molar refractivity (Wildman–Crippen MR) is 149 cm³/mol. The average Bonchev–Trinajstić information content (AvgIpc) is 2.81. The molecule has 202 valence electrons. The van der Waals surface area contributed by atoms with Gasteiger partial charge in [0, 0.05) is 11.5 Å². The third kappa shape index (κ3) is 22.1. The second-order valence-corrected chi connectivity index (χ2v) is 11.8. The maximum atomic E-state index is 11.5. The molecule has 0 amide bonds. The average molecular weight is 521 g/mol. The highest BCUT2D eigenvalue weighted by atomic mass is 33.1. The van der Waals surface area contributed by atoms with E-state index in [1.165, 1.54) is 98.6 Å². The van der Waals surface area contributed by atoms with Crippen LogP contribution >= 0.6 is 21.6 Å². The predicted octanol–water partition coefficient (Wildman–Crippen LogP) is 6.73. The van der Waals surface area contributed by atoms with Crippen molar-refractivity contribution in [2.75, 3.05) is 24.6 Å². The number of nitrogens with one attached hydrogen (secondary N) is 2. The summed E-state index contributed by atoms with van der Waals surface area (Å²) in [6.07, 6.45) is 19.7. The minimum absolute atomic E-state index is 0.432. The zero-order chi connectivity index (χ0) is 25.3. The van der Waals surface area contributed by atoms with Gasteiger partial charge in [0.15, 0.2) is 0 Å². The van der Waals surface area contributed by atoms with Crippen LogP contribution in [-0.4, -0.2) is 58.8 Å². The Bertz CT molecular complexity index is 442. The van der Waals surface area contributed by atoms with Gasteiger partial charge in [-0.1, -0.05) is 125 Å². The molecule has 0 bridgehead atoms. The van der Waals surface area contributed by atoms with Gasteiger partial charge >= 0.3 is 11.9 Å². The minimum atomic E-state index is -0.838. The molecule has 0 rings (SSSR count). The van der Waals surface area contributed by atoms with Gasteiger partial charge in [-0.15, -0.1) is 0 Å². The van der Waals surface area contributed by atoms with Crippen LogP contribution in [0.1, 0.15) is 117 Å². The van der Waals surface area contributed by atoms with E-state index in [0.29, 0.717) is 11.5 Å². The largest absolute Gasteiger partial charge is 0.480 e. The van der Waals surface area contributed by atoms with Crippen LogP contribution in [0.15, 0.2) is 0 Å². The fourth-order valence-electron chi connectivity index (χ4n) is 3.74. The van der Waals surface area contributed by atoms with Gasteiger partial charge in [-0.05, 0) is 25.9 Å². The number of carboxylic acid groups (broad SMARTS) is 2. The van der Waals surface area contributed by atoms with Crippen molar-refractivity contribution in [1.29, 1.82) is 0 Å². The molecule has 0 aromatic carbocycles. The van der Waals surface area contributed by atoms with Gasteiger partial charge in [-0.2, -0.15) is 0 Å². The minimum Gasteiger partial charge on any atom is -0.480 e. The standard InChI is InChI=1S/C26H52N2O4S2/c1-3-5-7-9-11-13-15-17-19-27-23(25(29)30)21-33-34-22-24(26(31)32)28-20-18-16-14-12-10-8-6-4-2/h23-24,27-28H,3-22H2,1-2H3,(H,29,30)(H,31,32)/t23-,24-/m0/s1. The van der Waals surface area contributed by atoms with Crippen LogP contribution < -0.4 is 10.6 Å². The normalized spacial score (nSPS) is 13.1. The van der Waals surface area contributed by atoms with Crippen molar-refractivity contribution >= 4 is 33.5 Å². The molecule has 34 heavy (non-hydrogen) atoms. The molecular weight excluding hydrogens is 468 g/mol. The van der Waals surface area contributed by atoms with Gasteiger partial charge in [0.05, 0.1) is 0 Å². The summed E-state index contributed by atoms with van der Waals surface area (Å²) in [5, 5.41) is 25.2. The Labute approximate surface area is 217 Å². The Kier molecular flexibility index (Phi) is 25.3. The fraction of sp³-hybridized carbons (Fsp3) is 0.923. The molecule has 4 N–H and O–H groups in total. The van der Waals surface area contributed by atoms with Gasteiger partial charge in [-0.25, -0.2) is 0 Å². The molecule has 0 fully saturated rings. The lowest BCUT2D eigenvalue weighted by molar-refractivity contribution is -0.139. The van der Waals surface area contributed by atoms with E-state index < -0.39 is 24.0 Å². The number of carboxylic acids is 2. The van der Waals surface area contributed by atoms with Crippen molar-refractivity contribution in [3.05, 3.63) is 0 Å². The topological polar surface area (TPSA) is 98.7 Å². The van der Waals surface area contributed by atoms with Crippen LogP contribution in [0.2, 0.25) is 0 Å². The van der Waals surface area contributed by atoms with E-state index in [0.717, 1.165) is 38.8 Å². The highest BCUT2D eigenvalue weighted by molar-refractivity contribution is 8.76. The summed E-state index contributed by atoms with van der Waals surface area (Å²) in [7, 11) is 2.88. The smallest absolute Gasteiger partial charge is 0.321 e. The maximum Gasteiger partial charge on any atom is 0.321 e. The van der Waals surface area contributed by atoms with E-state index in [-0.39, 0.29) is 0 Å². The molecule has 0 aliphatic heterocycles. The molecule has 0 aromatic heterocycles. The summed E-state index contributed by atoms with van der Waals surface area (Å²) >= 11 is 0. The van der Waals surface area contributed by atoms with E-state index in [4.69, 9.17) is 0 Å². The first kappa shape index (κ1) is 33.6. The van der Waals surface area contributed by atoms with Gasteiger partial charge in [0.2, 0.25) is 0 Å².